The molecule has 0 spiro atoms. The molecule has 2 aromatic rings. The van der Waals surface area contributed by atoms with Crippen LogP contribution in [0.1, 0.15) is 5.56 Å². The van der Waals surface area contributed by atoms with E-state index in [0.29, 0.717) is 10.9 Å². The van der Waals surface area contributed by atoms with Crippen LogP contribution in [0.5, 0.6) is 11.5 Å². The molecule has 0 fully saturated rings. The summed E-state index contributed by atoms with van der Waals surface area (Å²) in [6.45, 7) is 1.71. The van der Waals surface area contributed by atoms with Gasteiger partial charge in [-0.1, -0.05) is 0 Å². The highest BCUT2D eigenvalue weighted by Crippen LogP contribution is 2.29. The van der Waals surface area contributed by atoms with Crippen LogP contribution in [0.25, 0.3) is 10.8 Å². The van der Waals surface area contributed by atoms with Gasteiger partial charge >= 0.3 is 5.63 Å². The Bertz CT molecular complexity index is 554. The summed E-state index contributed by atoms with van der Waals surface area (Å²) in [5.41, 5.74) is 0.0777. The second-order valence-corrected chi connectivity index (χ2v) is 3.09. The van der Waals surface area contributed by atoms with Crippen molar-refractivity contribution in [2.75, 3.05) is 0 Å². The Morgan fingerprint density at radius 3 is 2.71 bits per heavy atom. The highest BCUT2D eigenvalue weighted by molar-refractivity contribution is 5.90. The van der Waals surface area contributed by atoms with Gasteiger partial charge in [-0.3, -0.25) is 0 Å². The lowest BCUT2D eigenvalue weighted by atomic mass is 10.1. The van der Waals surface area contributed by atoms with Crippen molar-refractivity contribution < 1.29 is 14.6 Å². The quantitative estimate of drug-likeness (QED) is 0.663. The maximum atomic E-state index is 11.2. The Hall–Kier alpha value is -1.97. The van der Waals surface area contributed by atoms with E-state index < -0.39 is 5.63 Å². The third kappa shape index (κ3) is 1.12. The van der Waals surface area contributed by atoms with Gasteiger partial charge in [0.05, 0.1) is 11.6 Å². The van der Waals surface area contributed by atoms with Gasteiger partial charge in [-0.15, -0.1) is 0 Å². The third-order valence-electron chi connectivity index (χ3n) is 2.06. The Morgan fingerprint density at radius 2 is 2.00 bits per heavy atom. The molecule has 0 aliphatic rings. The molecule has 72 valence electrons. The van der Waals surface area contributed by atoms with Gasteiger partial charge in [0.15, 0.2) is 0 Å². The van der Waals surface area contributed by atoms with Gasteiger partial charge in [-0.25, -0.2) is 4.79 Å². The molecule has 0 aliphatic carbocycles. The van der Waals surface area contributed by atoms with E-state index in [2.05, 4.69) is 0 Å². The lowest BCUT2D eigenvalue weighted by Gasteiger charge is -2.03. The smallest absolute Gasteiger partial charge is 0.343 e. The lowest BCUT2D eigenvalue weighted by molar-refractivity contribution is 0.453. The fraction of sp³-hybridized carbons (Fsp3) is 0.100. The van der Waals surface area contributed by atoms with E-state index in [1.165, 1.54) is 18.4 Å². The number of phenols is 2. The topological polar surface area (TPSA) is 70.7 Å². The normalized spacial score (nSPS) is 10.6. The van der Waals surface area contributed by atoms with Crippen LogP contribution in [0.2, 0.25) is 0 Å². The summed E-state index contributed by atoms with van der Waals surface area (Å²) in [5.74, 6) is -0.279. The molecular weight excluding hydrogens is 184 g/mol. The highest BCUT2D eigenvalue weighted by Gasteiger charge is 2.09. The SMILES string of the molecule is Cc1coc(=O)c2cc(O)cc(O)c12. The molecular formula is C10H8O4. The molecule has 0 aliphatic heterocycles. The van der Waals surface area contributed by atoms with E-state index >= 15 is 0 Å². The average Bonchev–Trinajstić information content (AvgIpc) is 2.10. The number of fused-ring (bicyclic) bond motifs is 1. The summed E-state index contributed by atoms with van der Waals surface area (Å²) in [5, 5.41) is 19.3. The van der Waals surface area contributed by atoms with Crippen LogP contribution < -0.4 is 5.63 Å². The Morgan fingerprint density at radius 1 is 1.29 bits per heavy atom. The molecule has 0 amide bonds. The summed E-state index contributed by atoms with van der Waals surface area (Å²) in [6, 6.07) is 2.46. The van der Waals surface area contributed by atoms with Crippen LogP contribution in [0.4, 0.5) is 0 Å². The molecule has 0 unspecified atom stereocenters. The van der Waals surface area contributed by atoms with Crippen LogP contribution in [-0.4, -0.2) is 10.2 Å². The minimum Gasteiger partial charge on any atom is -0.508 e. The van der Waals surface area contributed by atoms with Crippen molar-refractivity contribution in [1.29, 1.82) is 0 Å². The van der Waals surface area contributed by atoms with Crippen LogP contribution >= 0.6 is 0 Å². The molecule has 1 heterocycles. The second-order valence-electron chi connectivity index (χ2n) is 3.09. The molecule has 0 bridgehead atoms. The van der Waals surface area contributed by atoms with Crippen molar-refractivity contribution in [1.82, 2.24) is 0 Å². The molecule has 2 rings (SSSR count). The zero-order chi connectivity index (χ0) is 10.3. The first-order chi connectivity index (χ1) is 6.59. The third-order valence-corrected chi connectivity index (χ3v) is 2.06. The molecule has 4 nitrogen and oxygen atoms in total. The number of phenolic OH excluding ortho intramolecular Hbond substituents is 2. The molecule has 0 atom stereocenters. The zero-order valence-electron chi connectivity index (χ0n) is 7.44. The van der Waals surface area contributed by atoms with Crippen molar-refractivity contribution in [3.05, 3.63) is 34.4 Å². The number of hydrogen-bond donors (Lipinski definition) is 2. The maximum Gasteiger partial charge on any atom is 0.343 e. The van der Waals surface area contributed by atoms with E-state index in [1.54, 1.807) is 6.92 Å². The summed E-state index contributed by atoms with van der Waals surface area (Å²) in [4.78, 5) is 11.2. The van der Waals surface area contributed by atoms with Gasteiger partial charge in [0.1, 0.15) is 11.5 Å². The van der Waals surface area contributed by atoms with Gasteiger partial charge in [0, 0.05) is 11.5 Å². The van der Waals surface area contributed by atoms with Crippen LogP contribution in [0, 0.1) is 6.92 Å². The first kappa shape index (κ1) is 8.62. The fourth-order valence-corrected chi connectivity index (χ4v) is 1.45. The zero-order valence-corrected chi connectivity index (χ0v) is 7.44. The van der Waals surface area contributed by atoms with Gasteiger partial charge in [0.2, 0.25) is 0 Å². The lowest BCUT2D eigenvalue weighted by Crippen LogP contribution is -1.99. The minimum absolute atomic E-state index is 0.120. The number of benzene rings is 1. The van der Waals surface area contributed by atoms with Crippen molar-refractivity contribution in [3.63, 3.8) is 0 Å². The summed E-state index contributed by atoms with van der Waals surface area (Å²) >= 11 is 0. The largest absolute Gasteiger partial charge is 0.508 e. The first-order valence-corrected chi connectivity index (χ1v) is 4.03. The molecule has 0 saturated carbocycles. The number of aryl methyl sites for hydroxylation is 1. The molecule has 0 radical (unpaired) electrons. The van der Waals surface area contributed by atoms with E-state index in [9.17, 15) is 15.0 Å². The maximum absolute atomic E-state index is 11.2. The average molecular weight is 192 g/mol. The van der Waals surface area contributed by atoms with E-state index in [1.807, 2.05) is 0 Å². The second kappa shape index (κ2) is 2.77. The Balaban J connectivity index is 3.08. The van der Waals surface area contributed by atoms with Crippen molar-refractivity contribution in [2.24, 2.45) is 0 Å². The van der Waals surface area contributed by atoms with Gasteiger partial charge < -0.3 is 14.6 Å². The molecule has 1 aromatic carbocycles. The first-order valence-electron chi connectivity index (χ1n) is 4.03. The Kier molecular flexibility index (Phi) is 1.70. The van der Waals surface area contributed by atoms with Gasteiger partial charge in [0.25, 0.3) is 0 Å². The van der Waals surface area contributed by atoms with Crippen LogP contribution in [0.15, 0.2) is 27.6 Å². The van der Waals surface area contributed by atoms with Crippen LogP contribution in [0.3, 0.4) is 0 Å². The Labute approximate surface area is 79.0 Å². The van der Waals surface area contributed by atoms with Gasteiger partial charge in [-0.05, 0) is 18.6 Å². The molecule has 14 heavy (non-hydrogen) atoms. The summed E-state index contributed by atoms with van der Waals surface area (Å²) in [7, 11) is 0. The molecule has 0 saturated heterocycles. The van der Waals surface area contributed by atoms with Crippen LogP contribution in [-0.2, 0) is 0 Å². The number of aromatic hydroxyl groups is 2. The van der Waals surface area contributed by atoms with E-state index in [-0.39, 0.29) is 16.9 Å². The highest BCUT2D eigenvalue weighted by atomic mass is 16.4. The molecule has 1 aromatic heterocycles. The fourth-order valence-electron chi connectivity index (χ4n) is 1.45. The van der Waals surface area contributed by atoms with E-state index in [0.717, 1.165) is 0 Å². The van der Waals surface area contributed by atoms with Crippen molar-refractivity contribution in [2.45, 2.75) is 6.92 Å². The number of rotatable bonds is 0. The van der Waals surface area contributed by atoms with Crippen molar-refractivity contribution in [3.8, 4) is 11.5 Å². The van der Waals surface area contributed by atoms with Crippen molar-refractivity contribution >= 4 is 10.8 Å². The molecule has 2 N–H and O–H groups in total. The summed E-state index contributed by atoms with van der Waals surface area (Å²) in [6.07, 6.45) is 1.28. The minimum atomic E-state index is -0.572. The molecule has 4 heteroatoms. The predicted molar refractivity (Wildman–Crippen MR) is 50.6 cm³/mol. The standard InChI is InChI=1S/C10H8O4/c1-5-4-14-10(13)7-2-6(11)3-8(12)9(5)7/h2-4,11-12H,1H3. The van der Waals surface area contributed by atoms with E-state index in [4.69, 9.17) is 4.42 Å². The predicted octanol–water partition coefficient (Wildman–Crippen LogP) is 1.51. The number of hydrogen-bond acceptors (Lipinski definition) is 4. The monoisotopic (exact) mass is 192 g/mol. The summed E-state index contributed by atoms with van der Waals surface area (Å²) < 4.78 is 4.70. The van der Waals surface area contributed by atoms with Gasteiger partial charge in [-0.2, -0.15) is 0 Å².